The minimum absolute atomic E-state index is 0.277. The lowest BCUT2D eigenvalue weighted by molar-refractivity contribution is 0.580. The normalized spacial score (nSPS) is 14.4. The molecular weight excluding hydrogens is 350 g/mol. The highest BCUT2D eigenvalue weighted by atomic mass is 19.1. The van der Waals surface area contributed by atoms with Crippen molar-refractivity contribution in [3.63, 3.8) is 0 Å². The number of aromatic nitrogens is 3. The second kappa shape index (κ2) is 7.32. The molecule has 2 aromatic carbocycles. The summed E-state index contributed by atoms with van der Waals surface area (Å²) in [5.74, 6) is -0.958. The van der Waals surface area contributed by atoms with Crippen LogP contribution < -0.4 is 15.5 Å². The van der Waals surface area contributed by atoms with Gasteiger partial charge >= 0.3 is 0 Å². The molecule has 1 fully saturated rings. The van der Waals surface area contributed by atoms with Crippen LogP contribution in [0.3, 0.4) is 0 Å². The molecule has 0 amide bonds. The van der Waals surface area contributed by atoms with Gasteiger partial charge in [0, 0.05) is 43.6 Å². The van der Waals surface area contributed by atoms with Crippen molar-refractivity contribution in [3.8, 4) is 5.69 Å². The SMILES string of the molecule is Cc1cc(Nc2ncn(-c3cc(F)cc(F)c3)n2)cc(N2CCNCC2)c1. The second-order valence-corrected chi connectivity index (χ2v) is 6.56. The van der Waals surface area contributed by atoms with E-state index in [1.807, 2.05) is 13.0 Å². The Bertz CT molecular complexity index is 929. The maximum absolute atomic E-state index is 13.4. The molecule has 140 valence electrons. The average molecular weight is 370 g/mol. The monoisotopic (exact) mass is 370 g/mol. The Labute approximate surface area is 155 Å². The van der Waals surface area contributed by atoms with Gasteiger partial charge in [0.15, 0.2) is 0 Å². The summed E-state index contributed by atoms with van der Waals surface area (Å²) in [5.41, 5.74) is 3.41. The van der Waals surface area contributed by atoms with E-state index in [-0.39, 0.29) is 5.69 Å². The van der Waals surface area contributed by atoms with Gasteiger partial charge in [-0.25, -0.2) is 13.5 Å². The topological polar surface area (TPSA) is 58.0 Å². The van der Waals surface area contributed by atoms with Crippen molar-refractivity contribution in [1.82, 2.24) is 20.1 Å². The molecular formula is C19H20F2N6. The summed E-state index contributed by atoms with van der Waals surface area (Å²) in [7, 11) is 0. The average Bonchev–Trinajstić information content (AvgIpc) is 3.10. The lowest BCUT2D eigenvalue weighted by Crippen LogP contribution is -2.43. The highest BCUT2D eigenvalue weighted by molar-refractivity contribution is 5.64. The summed E-state index contributed by atoms with van der Waals surface area (Å²) in [6, 6.07) is 9.45. The maximum Gasteiger partial charge on any atom is 0.246 e. The Balaban J connectivity index is 1.56. The number of benzene rings is 2. The van der Waals surface area contributed by atoms with Gasteiger partial charge in [0.1, 0.15) is 18.0 Å². The number of anilines is 3. The molecule has 0 aliphatic carbocycles. The second-order valence-electron chi connectivity index (χ2n) is 6.56. The summed E-state index contributed by atoms with van der Waals surface area (Å²) in [6.07, 6.45) is 1.42. The van der Waals surface area contributed by atoms with Crippen molar-refractivity contribution in [2.45, 2.75) is 6.92 Å². The van der Waals surface area contributed by atoms with E-state index in [1.165, 1.54) is 23.1 Å². The van der Waals surface area contributed by atoms with Crippen molar-refractivity contribution < 1.29 is 8.78 Å². The minimum Gasteiger partial charge on any atom is -0.369 e. The van der Waals surface area contributed by atoms with Crippen LogP contribution in [0.1, 0.15) is 5.56 Å². The number of rotatable bonds is 4. The molecule has 0 atom stereocenters. The molecule has 1 aromatic heterocycles. The van der Waals surface area contributed by atoms with Gasteiger partial charge in [0.05, 0.1) is 5.69 Å². The fraction of sp³-hybridized carbons (Fsp3) is 0.263. The molecule has 0 unspecified atom stereocenters. The summed E-state index contributed by atoms with van der Waals surface area (Å²) in [6.45, 7) is 5.89. The number of nitrogens with zero attached hydrogens (tertiary/aromatic N) is 4. The van der Waals surface area contributed by atoms with Gasteiger partial charge in [0.25, 0.3) is 0 Å². The molecule has 1 aliphatic heterocycles. The summed E-state index contributed by atoms with van der Waals surface area (Å²) in [4.78, 5) is 6.52. The van der Waals surface area contributed by atoms with E-state index in [2.05, 4.69) is 37.7 Å². The molecule has 0 spiro atoms. The number of nitrogens with one attached hydrogen (secondary N) is 2. The first-order valence-corrected chi connectivity index (χ1v) is 8.79. The third-order valence-corrected chi connectivity index (χ3v) is 4.40. The van der Waals surface area contributed by atoms with E-state index in [0.717, 1.165) is 49.2 Å². The summed E-state index contributed by atoms with van der Waals surface area (Å²) < 4.78 is 28.1. The van der Waals surface area contributed by atoms with Gasteiger partial charge in [-0.1, -0.05) is 0 Å². The zero-order valence-corrected chi connectivity index (χ0v) is 14.9. The number of halogens is 2. The van der Waals surface area contributed by atoms with Crippen LogP contribution in [0.15, 0.2) is 42.7 Å². The lowest BCUT2D eigenvalue weighted by atomic mass is 10.1. The number of hydrogen-bond donors (Lipinski definition) is 2. The fourth-order valence-corrected chi connectivity index (χ4v) is 3.19. The zero-order valence-electron chi connectivity index (χ0n) is 14.9. The van der Waals surface area contributed by atoms with Crippen LogP contribution in [0.25, 0.3) is 5.69 Å². The standard InChI is InChI=1S/C19H20F2N6/c1-13-6-16(11-17(7-13)26-4-2-22-3-5-26)24-19-23-12-27(25-19)18-9-14(20)8-15(21)10-18/h6-12,22H,2-5H2,1H3,(H,24,25). The Kier molecular flexibility index (Phi) is 4.72. The van der Waals surface area contributed by atoms with Crippen LogP contribution in [0.5, 0.6) is 0 Å². The van der Waals surface area contributed by atoms with E-state index < -0.39 is 11.6 Å². The van der Waals surface area contributed by atoms with E-state index in [0.29, 0.717) is 5.95 Å². The van der Waals surface area contributed by atoms with Crippen LogP contribution in [0, 0.1) is 18.6 Å². The Hall–Kier alpha value is -3.00. The molecule has 8 heteroatoms. The third kappa shape index (κ3) is 4.06. The Morgan fingerprint density at radius 3 is 2.44 bits per heavy atom. The van der Waals surface area contributed by atoms with Crippen molar-refractivity contribution in [3.05, 3.63) is 59.9 Å². The molecule has 1 aliphatic rings. The van der Waals surface area contributed by atoms with Gasteiger partial charge in [-0.3, -0.25) is 0 Å². The predicted molar refractivity (Wildman–Crippen MR) is 101 cm³/mol. The molecule has 2 N–H and O–H groups in total. The van der Waals surface area contributed by atoms with Crippen molar-refractivity contribution in [1.29, 1.82) is 0 Å². The third-order valence-electron chi connectivity index (χ3n) is 4.40. The first kappa shape index (κ1) is 17.4. The molecule has 2 heterocycles. The molecule has 0 saturated carbocycles. The molecule has 4 rings (SSSR count). The van der Waals surface area contributed by atoms with Crippen LogP contribution in [0.2, 0.25) is 0 Å². The van der Waals surface area contributed by atoms with E-state index >= 15 is 0 Å². The summed E-state index contributed by atoms with van der Waals surface area (Å²) in [5, 5.41) is 10.8. The van der Waals surface area contributed by atoms with Gasteiger partial charge < -0.3 is 15.5 Å². The molecule has 0 radical (unpaired) electrons. The van der Waals surface area contributed by atoms with Crippen LogP contribution in [-0.4, -0.2) is 40.9 Å². The number of aryl methyl sites for hydroxylation is 1. The molecule has 27 heavy (non-hydrogen) atoms. The Morgan fingerprint density at radius 2 is 1.70 bits per heavy atom. The van der Waals surface area contributed by atoms with Crippen molar-refractivity contribution >= 4 is 17.3 Å². The van der Waals surface area contributed by atoms with Gasteiger partial charge in [-0.05, 0) is 42.8 Å². The molecule has 6 nitrogen and oxygen atoms in total. The minimum atomic E-state index is -0.658. The fourth-order valence-electron chi connectivity index (χ4n) is 3.19. The van der Waals surface area contributed by atoms with Gasteiger partial charge in [-0.15, -0.1) is 5.10 Å². The van der Waals surface area contributed by atoms with Crippen molar-refractivity contribution in [2.75, 3.05) is 36.4 Å². The van der Waals surface area contributed by atoms with Gasteiger partial charge in [-0.2, -0.15) is 4.98 Å². The first-order chi connectivity index (χ1) is 13.1. The molecule has 1 saturated heterocycles. The molecule has 0 bridgehead atoms. The highest BCUT2D eigenvalue weighted by Crippen LogP contribution is 2.24. The van der Waals surface area contributed by atoms with Crippen LogP contribution in [0.4, 0.5) is 26.1 Å². The highest BCUT2D eigenvalue weighted by Gasteiger charge is 2.12. The van der Waals surface area contributed by atoms with Crippen LogP contribution in [-0.2, 0) is 0 Å². The molecule has 3 aromatic rings. The van der Waals surface area contributed by atoms with E-state index in [1.54, 1.807) is 0 Å². The zero-order chi connectivity index (χ0) is 18.8. The number of hydrogen-bond acceptors (Lipinski definition) is 5. The van der Waals surface area contributed by atoms with E-state index in [4.69, 9.17) is 0 Å². The van der Waals surface area contributed by atoms with Crippen LogP contribution >= 0.6 is 0 Å². The maximum atomic E-state index is 13.4. The first-order valence-electron chi connectivity index (χ1n) is 8.79. The lowest BCUT2D eigenvalue weighted by Gasteiger charge is -2.30. The van der Waals surface area contributed by atoms with E-state index in [9.17, 15) is 8.78 Å². The predicted octanol–water partition coefficient (Wildman–Crippen LogP) is 3.01. The largest absolute Gasteiger partial charge is 0.369 e. The van der Waals surface area contributed by atoms with Gasteiger partial charge in [0.2, 0.25) is 5.95 Å². The quantitative estimate of drug-likeness (QED) is 0.739. The summed E-state index contributed by atoms with van der Waals surface area (Å²) >= 11 is 0. The Morgan fingerprint density at radius 1 is 0.963 bits per heavy atom. The number of piperazine rings is 1. The van der Waals surface area contributed by atoms with Crippen molar-refractivity contribution in [2.24, 2.45) is 0 Å². The smallest absolute Gasteiger partial charge is 0.246 e.